The van der Waals surface area contributed by atoms with E-state index in [-0.39, 0.29) is 17.7 Å². The van der Waals surface area contributed by atoms with Gasteiger partial charge in [0.1, 0.15) is 0 Å². The second kappa shape index (κ2) is 5.91. The van der Waals surface area contributed by atoms with E-state index in [4.69, 9.17) is 28.9 Å². The summed E-state index contributed by atoms with van der Waals surface area (Å²) < 4.78 is 0. The molecule has 1 aromatic rings. The molecule has 3 N–H and O–H groups in total. The molecule has 0 radical (unpaired) electrons. The number of anilines is 1. The first-order valence-corrected chi connectivity index (χ1v) is 6.83. The van der Waals surface area contributed by atoms with E-state index in [0.29, 0.717) is 22.3 Å². The number of nitrogens with two attached hydrogens (primary N) is 1. The van der Waals surface area contributed by atoms with Crippen LogP contribution < -0.4 is 11.1 Å². The minimum atomic E-state index is -0.00921. The van der Waals surface area contributed by atoms with Crippen LogP contribution in [0.15, 0.2) is 18.2 Å². The number of hydrogen-bond donors (Lipinski definition) is 2. The van der Waals surface area contributed by atoms with Gasteiger partial charge in [-0.05, 0) is 43.5 Å². The van der Waals surface area contributed by atoms with E-state index >= 15 is 0 Å². The normalized spacial score (nSPS) is 23.1. The Bertz CT molecular complexity index is 451. The number of benzene rings is 1. The lowest BCUT2D eigenvalue weighted by atomic mass is 9.95. The Morgan fingerprint density at radius 1 is 1.39 bits per heavy atom. The average molecular weight is 287 g/mol. The first-order chi connectivity index (χ1) is 8.61. The number of hydrogen-bond acceptors (Lipinski definition) is 2. The van der Waals surface area contributed by atoms with Crippen molar-refractivity contribution < 1.29 is 4.79 Å². The third-order valence-corrected chi connectivity index (χ3v) is 4.05. The quantitative estimate of drug-likeness (QED) is 0.896. The highest BCUT2D eigenvalue weighted by Crippen LogP contribution is 2.33. The smallest absolute Gasteiger partial charge is 0.227 e. The summed E-state index contributed by atoms with van der Waals surface area (Å²) in [5.74, 6) is 0.264. The largest absolute Gasteiger partial charge is 0.330 e. The Morgan fingerprint density at radius 3 is 2.89 bits per heavy atom. The average Bonchev–Trinajstić information content (AvgIpc) is 2.82. The predicted molar refractivity (Wildman–Crippen MR) is 75.0 cm³/mol. The highest BCUT2D eigenvalue weighted by atomic mass is 35.5. The maximum absolute atomic E-state index is 12.2. The molecule has 0 bridgehead atoms. The maximum atomic E-state index is 12.2. The highest BCUT2D eigenvalue weighted by Gasteiger charge is 2.32. The molecule has 1 amide bonds. The molecule has 2 unspecified atom stereocenters. The minimum Gasteiger partial charge on any atom is -0.330 e. The first kappa shape index (κ1) is 13.7. The fourth-order valence-electron chi connectivity index (χ4n) is 2.48. The van der Waals surface area contributed by atoms with E-state index in [0.717, 1.165) is 19.3 Å². The van der Waals surface area contributed by atoms with Crippen LogP contribution in [0.25, 0.3) is 0 Å². The van der Waals surface area contributed by atoms with Crippen LogP contribution in [-0.2, 0) is 4.79 Å². The summed E-state index contributed by atoms with van der Waals surface area (Å²) in [5, 5.41) is 3.89. The van der Waals surface area contributed by atoms with Gasteiger partial charge in [-0.25, -0.2) is 0 Å². The zero-order valence-electron chi connectivity index (χ0n) is 9.96. The summed E-state index contributed by atoms with van der Waals surface area (Å²) in [6.45, 7) is 0.557. The molecule has 1 fully saturated rings. The van der Waals surface area contributed by atoms with Crippen LogP contribution in [0.2, 0.25) is 10.0 Å². The number of rotatable bonds is 3. The monoisotopic (exact) mass is 286 g/mol. The Morgan fingerprint density at radius 2 is 2.17 bits per heavy atom. The molecule has 2 rings (SSSR count). The van der Waals surface area contributed by atoms with Crippen molar-refractivity contribution >= 4 is 34.8 Å². The summed E-state index contributed by atoms with van der Waals surface area (Å²) in [6, 6.07) is 5.03. The van der Waals surface area contributed by atoms with E-state index in [1.54, 1.807) is 18.2 Å². The summed E-state index contributed by atoms with van der Waals surface area (Å²) in [6.07, 6.45) is 2.98. The van der Waals surface area contributed by atoms with Gasteiger partial charge in [-0.1, -0.05) is 29.6 Å². The molecule has 0 aliphatic heterocycles. The fourth-order valence-corrected chi connectivity index (χ4v) is 2.82. The van der Waals surface area contributed by atoms with Crippen molar-refractivity contribution in [1.82, 2.24) is 0 Å². The number of amides is 1. The third-order valence-electron chi connectivity index (χ3n) is 3.48. The molecule has 5 heteroatoms. The van der Waals surface area contributed by atoms with Gasteiger partial charge < -0.3 is 11.1 Å². The molecule has 1 saturated carbocycles. The molecular weight excluding hydrogens is 271 g/mol. The van der Waals surface area contributed by atoms with Crippen molar-refractivity contribution in [3.05, 3.63) is 28.2 Å². The van der Waals surface area contributed by atoms with Crippen molar-refractivity contribution in [3.63, 3.8) is 0 Å². The van der Waals surface area contributed by atoms with E-state index in [1.807, 2.05) is 0 Å². The molecule has 1 aliphatic rings. The lowest BCUT2D eigenvalue weighted by molar-refractivity contribution is -0.120. The fraction of sp³-hybridized carbons (Fsp3) is 0.462. The SMILES string of the molecule is NCC1CCCC1C(=O)Nc1cc(Cl)ccc1Cl. The molecule has 0 aromatic heterocycles. The Kier molecular flexibility index (Phi) is 4.49. The zero-order chi connectivity index (χ0) is 13.1. The number of nitrogens with one attached hydrogen (secondary N) is 1. The van der Waals surface area contributed by atoms with Crippen molar-refractivity contribution in [1.29, 1.82) is 0 Å². The first-order valence-electron chi connectivity index (χ1n) is 6.08. The molecule has 0 spiro atoms. The molecule has 1 aromatic carbocycles. The second-order valence-electron chi connectivity index (χ2n) is 4.65. The summed E-state index contributed by atoms with van der Waals surface area (Å²) in [7, 11) is 0. The molecule has 2 atom stereocenters. The topological polar surface area (TPSA) is 55.1 Å². The molecule has 98 valence electrons. The van der Waals surface area contributed by atoms with Crippen LogP contribution in [0.4, 0.5) is 5.69 Å². The van der Waals surface area contributed by atoms with Crippen LogP contribution >= 0.6 is 23.2 Å². The van der Waals surface area contributed by atoms with Crippen molar-refractivity contribution in [2.24, 2.45) is 17.6 Å². The highest BCUT2D eigenvalue weighted by molar-refractivity contribution is 6.35. The van der Waals surface area contributed by atoms with E-state index < -0.39 is 0 Å². The lowest BCUT2D eigenvalue weighted by Gasteiger charge is -2.18. The van der Waals surface area contributed by atoms with Gasteiger partial charge >= 0.3 is 0 Å². The Balaban J connectivity index is 2.09. The third kappa shape index (κ3) is 2.97. The number of carbonyl (C=O) groups excluding carboxylic acids is 1. The maximum Gasteiger partial charge on any atom is 0.227 e. The Hall–Kier alpha value is -0.770. The summed E-state index contributed by atoms with van der Waals surface area (Å²) in [4.78, 5) is 12.2. The van der Waals surface area contributed by atoms with Crippen LogP contribution in [0.1, 0.15) is 19.3 Å². The molecule has 0 heterocycles. The van der Waals surface area contributed by atoms with Gasteiger partial charge in [0, 0.05) is 10.9 Å². The molecule has 1 aliphatic carbocycles. The predicted octanol–water partition coefficient (Wildman–Crippen LogP) is 3.31. The van der Waals surface area contributed by atoms with Crippen LogP contribution in [0.5, 0.6) is 0 Å². The van der Waals surface area contributed by atoms with Gasteiger partial charge in [0.15, 0.2) is 0 Å². The van der Waals surface area contributed by atoms with Gasteiger partial charge in [-0.15, -0.1) is 0 Å². The number of carbonyl (C=O) groups is 1. The van der Waals surface area contributed by atoms with Crippen LogP contribution in [-0.4, -0.2) is 12.5 Å². The van der Waals surface area contributed by atoms with Crippen molar-refractivity contribution in [2.45, 2.75) is 19.3 Å². The van der Waals surface area contributed by atoms with Gasteiger partial charge in [0.05, 0.1) is 10.7 Å². The lowest BCUT2D eigenvalue weighted by Crippen LogP contribution is -2.29. The second-order valence-corrected chi connectivity index (χ2v) is 5.49. The van der Waals surface area contributed by atoms with Crippen molar-refractivity contribution in [2.75, 3.05) is 11.9 Å². The van der Waals surface area contributed by atoms with E-state index in [2.05, 4.69) is 5.32 Å². The standard InChI is InChI=1S/C13H16Cl2N2O/c14-9-4-5-11(15)12(6-9)17-13(18)10-3-1-2-8(10)7-16/h4-6,8,10H,1-3,7,16H2,(H,17,18). The van der Waals surface area contributed by atoms with Gasteiger partial charge in [0.2, 0.25) is 5.91 Å². The van der Waals surface area contributed by atoms with Gasteiger partial charge in [-0.2, -0.15) is 0 Å². The minimum absolute atomic E-state index is 0.00730. The van der Waals surface area contributed by atoms with Crippen LogP contribution in [0, 0.1) is 11.8 Å². The van der Waals surface area contributed by atoms with Crippen molar-refractivity contribution in [3.8, 4) is 0 Å². The Labute approximate surface area is 117 Å². The molecule has 18 heavy (non-hydrogen) atoms. The number of halogens is 2. The van der Waals surface area contributed by atoms with Crippen LogP contribution in [0.3, 0.4) is 0 Å². The summed E-state index contributed by atoms with van der Waals surface area (Å²) >= 11 is 11.9. The molecule has 3 nitrogen and oxygen atoms in total. The van der Waals surface area contributed by atoms with E-state index in [1.165, 1.54) is 0 Å². The molecule has 0 saturated heterocycles. The zero-order valence-corrected chi connectivity index (χ0v) is 11.5. The van der Waals surface area contributed by atoms with E-state index in [9.17, 15) is 4.79 Å². The molecular formula is C13H16Cl2N2O. The van der Waals surface area contributed by atoms with Gasteiger partial charge in [0.25, 0.3) is 0 Å². The van der Waals surface area contributed by atoms with Gasteiger partial charge in [-0.3, -0.25) is 4.79 Å². The summed E-state index contributed by atoms with van der Waals surface area (Å²) in [5.41, 5.74) is 6.25.